The van der Waals surface area contributed by atoms with Gasteiger partial charge in [0, 0.05) is 41.2 Å². The van der Waals surface area contributed by atoms with Gasteiger partial charge in [-0.05, 0) is 65.1 Å². The summed E-state index contributed by atoms with van der Waals surface area (Å²) >= 11 is 12.1. The van der Waals surface area contributed by atoms with Crippen molar-refractivity contribution in [3.05, 3.63) is 111 Å². The van der Waals surface area contributed by atoms with Gasteiger partial charge in [0.25, 0.3) is 0 Å². The molecule has 8 heteroatoms. The van der Waals surface area contributed by atoms with E-state index in [1.54, 1.807) is 36.5 Å². The van der Waals surface area contributed by atoms with Crippen LogP contribution in [0.4, 0.5) is 0 Å². The lowest BCUT2D eigenvalue weighted by molar-refractivity contribution is -0.120. The second kappa shape index (κ2) is 12.3. The third kappa shape index (κ3) is 7.28. The van der Waals surface area contributed by atoms with E-state index in [1.165, 1.54) is 6.07 Å². The molecule has 1 aliphatic heterocycles. The first-order valence-corrected chi connectivity index (χ1v) is 13.6. The number of phenols is 1. The summed E-state index contributed by atoms with van der Waals surface area (Å²) in [7, 11) is 0. The Balaban J connectivity index is 1.54. The standard InChI is InChI=1S/C31H32Cl2N2O4/c1-2-30(9-4-10-35-30)20-31(39,25-7-8-28(37)24(15-25)19-36)17-22-6-3-5-21(11-22)14-29(38)34-18-23-12-26(32)16-27(33)13-23/h3-13,15-16,36-37,39H,2,14,17-20H2,1H3,(H,34,38). The van der Waals surface area contributed by atoms with Crippen LogP contribution in [0.25, 0.3) is 0 Å². The molecule has 0 saturated heterocycles. The molecule has 0 saturated carbocycles. The van der Waals surface area contributed by atoms with Crippen LogP contribution in [0.1, 0.15) is 47.6 Å². The average molecular weight is 568 g/mol. The first-order valence-electron chi connectivity index (χ1n) is 12.8. The van der Waals surface area contributed by atoms with Crippen LogP contribution in [0, 0.1) is 0 Å². The van der Waals surface area contributed by atoms with Crippen molar-refractivity contribution in [2.45, 2.75) is 56.9 Å². The molecule has 3 aromatic carbocycles. The number of aliphatic imine (C=N–C) groups is 1. The number of amides is 1. The Labute approximate surface area is 238 Å². The molecule has 0 spiro atoms. The van der Waals surface area contributed by atoms with Crippen molar-refractivity contribution >= 4 is 35.3 Å². The van der Waals surface area contributed by atoms with E-state index >= 15 is 0 Å². The summed E-state index contributed by atoms with van der Waals surface area (Å²) in [5, 5.41) is 35.9. The number of allylic oxidation sites excluding steroid dienone is 1. The summed E-state index contributed by atoms with van der Waals surface area (Å²) in [5.41, 5.74) is 1.47. The number of nitrogens with zero attached hydrogens (tertiary/aromatic N) is 1. The first-order chi connectivity index (χ1) is 18.6. The maximum Gasteiger partial charge on any atom is 0.224 e. The van der Waals surface area contributed by atoms with Crippen LogP contribution in [-0.2, 0) is 36.4 Å². The highest BCUT2D eigenvalue weighted by Gasteiger charge is 2.40. The second-order valence-corrected chi connectivity index (χ2v) is 10.9. The molecule has 1 heterocycles. The lowest BCUT2D eigenvalue weighted by Gasteiger charge is -2.36. The molecule has 0 bridgehead atoms. The molecule has 0 fully saturated rings. The van der Waals surface area contributed by atoms with Gasteiger partial charge in [-0.1, -0.05) is 66.5 Å². The van der Waals surface area contributed by atoms with E-state index in [9.17, 15) is 20.1 Å². The first kappa shape index (κ1) is 28.8. The smallest absolute Gasteiger partial charge is 0.224 e. The van der Waals surface area contributed by atoms with E-state index in [2.05, 4.69) is 10.3 Å². The van der Waals surface area contributed by atoms with Gasteiger partial charge in [0.2, 0.25) is 5.91 Å². The second-order valence-electron chi connectivity index (χ2n) is 10.0. The Morgan fingerprint density at radius 3 is 2.44 bits per heavy atom. The highest BCUT2D eigenvalue weighted by Crippen LogP contribution is 2.40. The zero-order chi connectivity index (χ0) is 28.0. The minimum absolute atomic E-state index is 0.0272. The van der Waals surface area contributed by atoms with Crippen molar-refractivity contribution in [3.63, 3.8) is 0 Å². The van der Waals surface area contributed by atoms with Crippen LogP contribution in [0.2, 0.25) is 10.0 Å². The normalized spacial score (nSPS) is 17.8. The molecule has 6 nitrogen and oxygen atoms in total. The number of nitrogens with one attached hydrogen (secondary N) is 1. The molecule has 0 radical (unpaired) electrons. The Hall–Kier alpha value is -3.16. The maximum atomic E-state index is 12.7. The van der Waals surface area contributed by atoms with Crippen molar-refractivity contribution in [1.82, 2.24) is 5.32 Å². The lowest BCUT2D eigenvalue weighted by Crippen LogP contribution is -2.38. The Kier molecular flexibility index (Phi) is 9.13. The van der Waals surface area contributed by atoms with E-state index in [1.807, 2.05) is 43.3 Å². The molecule has 4 N–H and O–H groups in total. The number of hydrogen-bond donors (Lipinski definition) is 4. The van der Waals surface area contributed by atoms with E-state index in [4.69, 9.17) is 23.2 Å². The Morgan fingerprint density at radius 1 is 1.03 bits per heavy atom. The Morgan fingerprint density at radius 2 is 1.77 bits per heavy atom. The topological polar surface area (TPSA) is 102 Å². The number of aliphatic hydroxyl groups excluding tert-OH is 1. The summed E-state index contributed by atoms with van der Waals surface area (Å²) in [4.78, 5) is 17.3. The number of rotatable bonds is 11. The van der Waals surface area contributed by atoms with Gasteiger partial charge in [-0.25, -0.2) is 0 Å². The van der Waals surface area contributed by atoms with E-state index < -0.39 is 11.1 Å². The zero-order valence-electron chi connectivity index (χ0n) is 21.7. The molecule has 39 heavy (non-hydrogen) atoms. The van der Waals surface area contributed by atoms with E-state index in [0.29, 0.717) is 40.6 Å². The van der Waals surface area contributed by atoms with Gasteiger partial charge in [0.15, 0.2) is 0 Å². The quantitative estimate of drug-likeness (QED) is 0.240. The summed E-state index contributed by atoms with van der Waals surface area (Å²) in [6, 6.07) is 17.5. The van der Waals surface area contributed by atoms with Gasteiger partial charge in [-0.3, -0.25) is 9.79 Å². The van der Waals surface area contributed by atoms with Crippen LogP contribution >= 0.6 is 23.2 Å². The molecular formula is C31H32Cl2N2O4. The Bertz CT molecular complexity index is 1370. The molecule has 1 amide bonds. The predicted molar refractivity (Wildman–Crippen MR) is 155 cm³/mol. The summed E-state index contributed by atoms with van der Waals surface area (Å²) in [6.07, 6.45) is 7.06. The SMILES string of the molecule is CCC1(CC(O)(Cc2cccc(CC(=O)NCc3cc(Cl)cc(Cl)c3)c2)c2ccc(O)c(CO)c2)C=CC=N1. The fraction of sp³-hybridized carbons (Fsp3) is 0.290. The van der Waals surface area contributed by atoms with Crippen LogP contribution in [-0.4, -0.2) is 33.0 Å². The van der Waals surface area contributed by atoms with Crippen molar-refractivity contribution in [3.8, 4) is 5.75 Å². The van der Waals surface area contributed by atoms with Crippen LogP contribution in [0.3, 0.4) is 0 Å². The minimum atomic E-state index is -1.35. The van der Waals surface area contributed by atoms with Gasteiger partial charge < -0.3 is 20.6 Å². The number of carbonyl (C=O) groups is 1. The molecule has 0 aliphatic carbocycles. The van der Waals surface area contributed by atoms with Gasteiger partial charge in [0.05, 0.1) is 24.2 Å². The van der Waals surface area contributed by atoms with Gasteiger partial charge in [0.1, 0.15) is 5.75 Å². The fourth-order valence-corrected chi connectivity index (χ4v) is 5.59. The van der Waals surface area contributed by atoms with Crippen LogP contribution in [0.15, 0.2) is 77.8 Å². The third-order valence-electron chi connectivity index (χ3n) is 7.09. The number of hydrogen-bond acceptors (Lipinski definition) is 5. The average Bonchev–Trinajstić information content (AvgIpc) is 3.36. The summed E-state index contributed by atoms with van der Waals surface area (Å²) in [5.74, 6) is -0.180. The number of benzene rings is 3. The lowest BCUT2D eigenvalue weighted by atomic mass is 9.75. The van der Waals surface area contributed by atoms with Crippen molar-refractivity contribution in [2.24, 2.45) is 4.99 Å². The number of aliphatic hydroxyl groups is 2. The van der Waals surface area contributed by atoms with E-state index in [0.717, 1.165) is 16.7 Å². The molecule has 3 aromatic rings. The predicted octanol–water partition coefficient (Wildman–Crippen LogP) is 5.66. The number of halogens is 2. The molecule has 0 aromatic heterocycles. The maximum absolute atomic E-state index is 12.7. The van der Waals surface area contributed by atoms with Crippen LogP contribution < -0.4 is 5.32 Å². The van der Waals surface area contributed by atoms with Crippen molar-refractivity contribution < 1.29 is 20.1 Å². The van der Waals surface area contributed by atoms with Crippen molar-refractivity contribution in [1.29, 1.82) is 0 Å². The zero-order valence-corrected chi connectivity index (χ0v) is 23.2. The minimum Gasteiger partial charge on any atom is -0.508 e. The fourth-order valence-electron chi connectivity index (χ4n) is 5.02. The monoisotopic (exact) mass is 566 g/mol. The summed E-state index contributed by atoms with van der Waals surface area (Å²) in [6.45, 7) is 1.98. The molecular weight excluding hydrogens is 535 g/mol. The number of carbonyl (C=O) groups excluding carboxylic acids is 1. The number of aromatic hydroxyl groups is 1. The van der Waals surface area contributed by atoms with Gasteiger partial charge in [-0.2, -0.15) is 0 Å². The molecule has 4 rings (SSSR count). The highest BCUT2D eigenvalue weighted by atomic mass is 35.5. The van der Waals surface area contributed by atoms with Crippen LogP contribution in [0.5, 0.6) is 5.75 Å². The molecule has 2 atom stereocenters. The highest BCUT2D eigenvalue weighted by molar-refractivity contribution is 6.34. The van der Waals surface area contributed by atoms with E-state index in [-0.39, 0.29) is 31.1 Å². The van der Waals surface area contributed by atoms with Gasteiger partial charge in [-0.15, -0.1) is 0 Å². The largest absolute Gasteiger partial charge is 0.508 e. The van der Waals surface area contributed by atoms with Crippen molar-refractivity contribution in [2.75, 3.05) is 0 Å². The molecule has 1 aliphatic rings. The third-order valence-corrected chi connectivity index (χ3v) is 7.52. The molecule has 2 unspecified atom stereocenters. The summed E-state index contributed by atoms with van der Waals surface area (Å²) < 4.78 is 0. The van der Waals surface area contributed by atoms with Gasteiger partial charge >= 0.3 is 0 Å². The molecule has 204 valence electrons.